The molecule has 0 bridgehead atoms. The summed E-state index contributed by atoms with van der Waals surface area (Å²) in [5, 5.41) is 4.53. The van der Waals surface area contributed by atoms with Crippen molar-refractivity contribution in [1.82, 2.24) is 15.0 Å². The van der Waals surface area contributed by atoms with E-state index in [2.05, 4.69) is 146 Å². The van der Waals surface area contributed by atoms with Gasteiger partial charge in [-0.1, -0.05) is 158 Å². The minimum atomic E-state index is 0.618. The quantitative estimate of drug-likeness (QED) is 0.176. The average molecular weight is 678 g/mol. The Kier molecular flexibility index (Phi) is 7.43. The predicted octanol–water partition coefficient (Wildman–Crippen LogP) is 12.9. The molecule has 2 heterocycles. The Morgan fingerprint density at radius 2 is 0.792 bits per heavy atom. The molecule has 0 atom stereocenters. The van der Waals surface area contributed by atoms with Gasteiger partial charge in [0.25, 0.3) is 0 Å². The van der Waals surface area contributed by atoms with E-state index in [1.807, 2.05) is 42.5 Å². The highest BCUT2D eigenvalue weighted by Gasteiger charge is 2.18. The van der Waals surface area contributed by atoms with Crippen molar-refractivity contribution < 1.29 is 4.42 Å². The lowest BCUT2D eigenvalue weighted by atomic mass is 9.94. The van der Waals surface area contributed by atoms with Crippen LogP contribution in [0, 0.1) is 0 Å². The first-order valence-electron chi connectivity index (χ1n) is 17.8. The summed E-state index contributed by atoms with van der Waals surface area (Å²) in [6, 6.07) is 65.2. The van der Waals surface area contributed by atoms with Crippen molar-refractivity contribution in [2.75, 3.05) is 0 Å². The van der Waals surface area contributed by atoms with Crippen LogP contribution in [-0.2, 0) is 0 Å². The van der Waals surface area contributed by atoms with Gasteiger partial charge in [-0.05, 0) is 68.9 Å². The lowest BCUT2D eigenvalue weighted by molar-refractivity contribution is 0.670. The van der Waals surface area contributed by atoms with E-state index in [9.17, 15) is 0 Å². The van der Waals surface area contributed by atoms with Crippen molar-refractivity contribution in [2.24, 2.45) is 0 Å². The fourth-order valence-electron chi connectivity index (χ4n) is 7.19. The number of hydrogen-bond acceptors (Lipinski definition) is 4. The molecule has 4 heteroatoms. The summed E-state index contributed by atoms with van der Waals surface area (Å²) in [5.74, 6) is 1.88. The Bertz CT molecular complexity index is 2920. The second-order valence-electron chi connectivity index (χ2n) is 13.3. The second kappa shape index (κ2) is 12.9. The van der Waals surface area contributed by atoms with Gasteiger partial charge in [-0.2, -0.15) is 0 Å². The number of fused-ring (bicyclic) bond motifs is 4. The molecule has 0 radical (unpaired) electrons. The van der Waals surface area contributed by atoms with E-state index in [4.69, 9.17) is 19.4 Å². The van der Waals surface area contributed by atoms with Gasteiger partial charge < -0.3 is 4.42 Å². The van der Waals surface area contributed by atoms with Gasteiger partial charge in [0.05, 0.1) is 0 Å². The lowest BCUT2D eigenvalue weighted by Crippen LogP contribution is -2.00. The molecule has 8 aromatic carbocycles. The average Bonchev–Trinajstić information content (AvgIpc) is 3.60. The Labute approximate surface area is 306 Å². The third-order valence-corrected chi connectivity index (χ3v) is 9.90. The van der Waals surface area contributed by atoms with Crippen LogP contribution in [0.1, 0.15) is 0 Å². The zero-order chi connectivity index (χ0) is 35.1. The van der Waals surface area contributed by atoms with Crippen LogP contribution >= 0.6 is 0 Å². The molecule has 0 aliphatic heterocycles. The molecule has 0 aliphatic carbocycles. The normalized spacial score (nSPS) is 11.4. The Morgan fingerprint density at radius 1 is 0.302 bits per heavy atom. The van der Waals surface area contributed by atoms with Crippen molar-refractivity contribution in [1.29, 1.82) is 0 Å². The summed E-state index contributed by atoms with van der Waals surface area (Å²) in [6.07, 6.45) is 0. The van der Waals surface area contributed by atoms with Crippen molar-refractivity contribution in [3.8, 4) is 67.5 Å². The van der Waals surface area contributed by atoms with Crippen LogP contribution in [0.2, 0.25) is 0 Å². The minimum Gasteiger partial charge on any atom is -0.455 e. The van der Waals surface area contributed by atoms with Crippen LogP contribution in [0.4, 0.5) is 0 Å². The highest BCUT2D eigenvalue weighted by atomic mass is 16.3. The van der Waals surface area contributed by atoms with Crippen LogP contribution in [0.15, 0.2) is 192 Å². The van der Waals surface area contributed by atoms with Gasteiger partial charge >= 0.3 is 0 Å². The van der Waals surface area contributed by atoms with Gasteiger partial charge in [-0.3, -0.25) is 0 Å². The fourth-order valence-corrected chi connectivity index (χ4v) is 7.19. The number of benzene rings is 8. The SMILES string of the molecule is c1ccc(-c2ccc(-c3nc(-c4ccccc4)nc(-c4cccc(-c5cc(-c6ccccc6)c6oc7cc8ccccc8cc7c6c5)c4)n3)cc2)cc1. The molecule has 0 amide bonds. The lowest BCUT2D eigenvalue weighted by Gasteiger charge is -2.11. The van der Waals surface area contributed by atoms with Crippen molar-refractivity contribution in [3.05, 3.63) is 188 Å². The summed E-state index contributed by atoms with van der Waals surface area (Å²) in [7, 11) is 0. The van der Waals surface area contributed by atoms with Crippen LogP contribution in [0.5, 0.6) is 0 Å². The molecule has 0 saturated heterocycles. The first kappa shape index (κ1) is 30.6. The summed E-state index contributed by atoms with van der Waals surface area (Å²) in [5.41, 5.74) is 11.2. The Morgan fingerprint density at radius 3 is 1.47 bits per heavy atom. The molecule has 0 N–H and O–H groups in total. The molecule has 10 aromatic rings. The fraction of sp³-hybridized carbons (Fsp3) is 0. The Hall–Kier alpha value is -7.17. The standard InChI is InChI=1S/C49H31N3O/c1-4-13-32(14-5-1)33-23-25-36(26-24-33)48-50-47(35-17-8-3-9-18-35)51-49(52-48)40-22-12-21-37(27-40)41-29-42(34-15-6-2-7-16-34)46-44(30-41)43-28-38-19-10-11-20-39(38)31-45(43)53-46/h1-31H. The number of aromatic nitrogens is 3. The van der Waals surface area contributed by atoms with Crippen molar-refractivity contribution in [2.45, 2.75) is 0 Å². The molecule has 53 heavy (non-hydrogen) atoms. The first-order valence-corrected chi connectivity index (χ1v) is 17.8. The molecule has 0 spiro atoms. The van der Waals surface area contributed by atoms with E-state index >= 15 is 0 Å². The third kappa shape index (κ3) is 5.73. The maximum Gasteiger partial charge on any atom is 0.164 e. The minimum absolute atomic E-state index is 0.618. The van der Waals surface area contributed by atoms with Gasteiger partial charge in [0.15, 0.2) is 17.5 Å². The van der Waals surface area contributed by atoms with E-state index in [-0.39, 0.29) is 0 Å². The van der Waals surface area contributed by atoms with E-state index < -0.39 is 0 Å². The topological polar surface area (TPSA) is 51.8 Å². The highest BCUT2D eigenvalue weighted by Crippen LogP contribution is 2.41. The molecule has 4 nitrogen and oxygen atoms in total. The van der Waals surface area contributed by atoms with Gasteiger partial charge in [-0.25, -0.2) is 15.0 Å². The molecule has 10 rings (SSSR count). The van der Waals surface area contributed by atoms with E-state index in [0.717, 1.165) is 71.8 Å². The molecule has 0 saturated carbocycles. The molecular weight excluding hydrogens is 647 g/mol. The van der Waals surface area contributed by atoms with E-state index in [1.54, 1.807) is 0 Å². The number of furan rings is 1. The van der Waals surface area contributed by atoms with E-state index in [0.29, 0.717) is 17.5 Å². The molecular formula is C49H31N3O. The summed E-state index contributed by atoms with van der Waals surface area (Å²) in [6.45, 7) is 0. The maximum atomic E-state index is 6.65. The van der Waals surface area contributed by atoms with Gasteiger partial charge in [0.2, 0.25) is 0 Å². The third-order valence-electron chi connectivity index (χ3n) is 9.90. The van der Waals surface area contributed by atoms with Crippen LogP contribution < -0.4 is 0 Å². The molecule has 0 aliphatic rings. The number of nitrogens with zero attached hydrogens (tertiary/aromatic N) is 3. The maximum absolute atomic E-state index is 6.65. The predicted molar refractivity (Wildman–Crippen MR) is 217 cm³/mol. The van der Waals surface area contributed by atoms with Crippen LogP contribution in [-0.4, -0.2) is 15.0 Å². The molecule has 0 unspecified atom stereocenters. The largest absolute Gasteiger partial charge is 0.455 e. The van der Waals surface area contributed by atoms with Gasteiger partial charge in [0.1, 0.15) is 11.2 Å². The smallest absolute Gasteiger partial charge is 0.164 e. The number of rotatable bonds is 6. The zero-order valence-electron chi connectivity index (χ0n) is 28.6. The molecule has 248 valence electrons. The summed E-state index contributed by atoms with van der Waals surface area (Å²) in [4.78, 5) is 15.1. The van der Waals surface area contributed by atoms with Gasteiger partial charge in [0, 0.05) is 33.0 Å². The van der Waals surface area contributed by atoms with Crippen LogP contribution in [0.3, 0.4) is 0 Å². The highest BCUT2D eigenvalue weighted by molar-refractivity contribution is 6.14. The molecule has 2 aromatic heterocycles. The second-order valence-corrected chi connectivity index (χ2v) is 13.3. The van der Waals surface area contributed by atoms with Crippen LogP contribution in [0.25, 0.3) is 100 Å². The van der Waals surface area contributed by atoms with Crippen molar-refractivity contribution in [3.63, 3.8) is 0 Å². The first-order chi connectivity index (χ1) is 26.2. The molecule has 0 fully saturated rings. The Balaban J connectivity index is 1.12. The summed E-state index contributed by atoms with van der Waals surface area (Å²) < 4.78 is 6.65. The zero-order valence-corrected chi connectivity index (χ0v) is 28.6. The van der Waals surface area contributed by atoms with Crippen molar-refractivity contribution >= 4 is 32.7 Å². The monoisotopic (exact) mass is 677 g/mol. The van der Waals surface area contributed by atoms with E-state index in [1.165, 1.54) is 10.9 Å². The summed E-state index contributed by atoms with van der Waals surface area (Å²) >= 11 is 0. The van der Waals surface area contributed by atoms with Gasteiger partial charge in [-0.15, -0.1) is 0 Å². The number of hydrogen-bond donors (Lipinski definition) is 0.